The number of nitrogens with zero attached hydrogens (tertiary/aromatic N) is 1. The first-order valence-corrected chi connectivity index (χ1v) is 5.11. The SMILES string of the molecule is CC(=NC1CC=C(C(=O)O)CC1C)OC=O. The number of carboxylic acid groups (broad SMARTS) is 1. The molecule has 1 rings (SSSR count). The van der Waals surface area contributed by atoms with Gasteiger partial charge in [0, 0.05) is 12.5 Å². The highest BCUT2D eigenvalue weighted by Crippen LogP contribution is 2.26. The topological polar surface area (TPSA) is 76.0 Å². The van der Waals surface area contributed by atoms with Gasteiger partial charge in [0.1, 0.15) is 0 Å². The fraction of sp³-hybridized carbons (Fsp3) is 0.545. The van der Waals surface area contributed by atoms with Crippen molar-refractivity contribution in [1.29, 1.82) is 0 Å². The fourth-order valence-electron chi connectivity index (χ4n) is 1.75. The average Bonchev–Trinajstić information content (AvgIpc) is 2.21. The number of aliphatic carboxylic acids is 1. The number of carbonyl (C=O) groups excluding carboxylic acids is 1. The normalized spacial score (nSPS) is 25.9. The molecule has 0 bridgehead atoms. The van der Waals surface area contributed by atoms with E-state index < -0.39 is 5.97 Å². The molecule has 1 aliphatic rings. The molecule has 0 saturated heterocycles. The molecule has 0 saturated carbocycles. The smallest absolute Gasteiger partial charge is 0.331 e. The van der Waals surface area contributed by atoms with Gasteiger partial charge in [-0.05, 0) is 18.8 Å². The summed E-state index contributed by atoms with van der Waals surface area (Å²) in [6, 6.07) is -0.0111. The van der Waals surface area contributed by atoms with Crippen LogP contribution in [0.1, 0.15) is 26.7 Å². The second-order valence-corrected chi connectivity index (χ2v) is 3.88. The molecular formula is C11H15NO4. The van der Waals surface area contributed by atoms with E-state index in [1.54, 1.807) is 13.0 Å². The van der Waals surface area contributed by atoms with Gasteiger partial charge in [0.05, 0.1) is 6.04 Å². The van der Waals surface area contributed by atoms with Gasteiger partial charge < -0.3 is 9.84 Å². The highest BCUT2D eigenvalue weighted by molar-refractivity contribution is 5.86. The van der Waals surface area contributed by atoms with Crippen molar-refractivity contribution in [3.05, 3.63) is 11.6 Å². The molecule has 2 atom stereocenters. The summed E-state index contributed by atoms with van der Waals surface area (Å²) in [5.41, 5.74) is 0.438. The third-order valence-electron chi connectivity index (χ3n) is 2.65. The Labute approximate surface area is 93.8 Å². The van der Waals surface area contributed by atoms with Gasteiger partial charge in [0.2, 0.25) is 0 Å². The zero-order valence-electron chi connectivity index (χ0n) is 9.34. The van der Waals surface area contributed by atoms with E-state index in [-0.39, 0.29) is 12.0 Å². The summed E-state index contributed by atoms with van der Waals surface area (Å²) >= 11 is 0. The number of hydrogen-bond acceptors (Lipinski definition) is 4. The molecule has 0 aromatic rings. The Morgan fingerprint density at radius 2 is 2.38 bits per heavy atom. The maximum atomic E-state index is 10.8. The van der Waals surface area contributed by atoms with Crippen molar-refractivity contribution in [3.63, 3.8) is 0 Å². The lowest BCUT2D eigenvalue weighted by molar-refractivity contribution is -0.133. The molecule has 0 aromatic heterocycles. The summed E-state index contributed by atoms with van der Waals surface area (Å²) in [5.74, 6) is -0.407. The number of rotatable bonds is 3. The second-order valence-electron chi connectivity index (χ2n) is 3.88. The summed E-state index contributed by atoms with van der Waals surface area (Å²) in [6.45, 7) is 3.89. The predicted molar refractivity (Wildman–Crippen MR) is 58.2 cm³/mol. The maximum absolute atomic E-state index is 10.8. The molecule has 0 spiro atoms. The lowest BCUT2D eigenvalue weighted by Crippen LogP contribution is -2.23. The molecule has 5 heteroatoms. The maximum Gasteiger partial charge on any atom is 0.331 e. The molecule has 0 amide bonds. The first-order chi connectivity index (χ1) is 7.54. The van der Waals surface area contributed by atoms with Crippen LogP contribution in [0.3, 0.4) is 0 Å². The largest absolute Gasteiger partial charge is 0.478 e. The zero-order valence-corrected chi connectivity index (χ0v) is 9.34. The molecule has 0 aliphatic heterocycles. The Hall–Kier alpha value is -1.65. The fourth-order valence-corrected chi connectivity index (χ4v) is 1.75. The van der Waals surface area contributed by atoms with Crippen molar-refractivity contribution in [3.8, 4) is 0 Å². The molecule has 0 radical (unpaired) electrons. The molecule has 1 aliphatic carbocycles. The third-order valence-corrected chi connectivity index (χ3v) is 2.65. The zero-order chi connectivity index (χ0) is 12.1. The monoisotopic (exact) mass is 225 g/mol. The summed E-state index contributed by atoms with van der Waals surface area (Å²) < 4.78 is 4.60. The third kappa shape index (κ3) is 3.18. The number of carbonyl (C=O) groups is 2. The van der Waals surface area contributed by atoms with Crippen LogP contribution in [0, 0.1) is 5.92 Å². The minimum atomic E-state index is -0.866. The van der Waals surface area contributed by atoms with Crippen LogP contribution in [-0.4, -0.2) is 29.5 Å². The van der Waals surface area contributed by atoms with Gasteiger partial charge in [-0.1, -0.05) is 13.0 Å². The minimum absolute atomic E-state index is 0.0111. The molecule has 88 valence electrons. The van der Waals surface area contributed by atoms with Gasteiger partial charge in [-0.15, -0.1) is 0 Å². The van der Waals surface area contributed by atoms with E-state index in [4.69, 9.17) is 5.11 Å². The Balaban J connectivity index is 2.69. The summed E-state index contributed by atoms with van der Waals surface area (Å²) in [7, 11) is 0. The highest BCUT2D eigenvalue weighted by Gasteiger charge is 2.24. The van der Waals surface area contributed by atoms with Crippen LogP contribution in [-0.2, 0) is 14.3 Å². The Morgan fingerprint density at radius 1 is 1.69 bits per heavy atom. The van der Waals surface area contributed by atoms with Crippen molar-refractivity contribution >= 4 is 18.3 Å². The first kappa shape index (κ1) is 12.4. The van der Waals surface area contributed by atoms with Gasteiger partial charge in [-0.2, -0.15) is 0 Å². The van der Waals surface area contributed by atoms with Gasteiger partial charge >= 0.3 is 5.97 Å². The van der Waals surface area contributed by atoms with Crippen LogP contribution in [0.5, 0.6) is 0 Å². The highest BCUT2D eigenvalue weighted by atomic mass is 16.5. The molecule has 1 N–H and O–H groups in total. The molecule has 0 aromatic carbocycles. The number of aliphatic imine (C=N–C) groups is 1. The average molecular weight is 225 g/mol. The van der Waals surface area contributed by atoms with Crippen LogP contribution < -0.4 is 0 Å². The van der Waals surface area contributed by atoms with Crippen molar-refractivity contribution in [2.75, 3.05) is 0 Å². The lowest BCUT2D eigenvalue weighted by Gasteiger charge is -2.24. The van der Waals surface area contributed by atoms with E-state index >= 15 is 0 Å². The molecule has 16 heavy (non-hydrogen) atoms. The van der Waals surface area contributed by atoms with Crippen LogP contribution in [0.15, 0.2) is 16.6 Å². The van der Waals surface area contributed by atoms with Gasteiger partial charge in [0.25, 0.3) is 6.47 Å². The Morgan fingerprint density at radius 3 is 2.88 bits per heavy atom. The first-order valence-electron chi connectivity index (χ1n) is 5.11. The number of hydrogen-bond donors (Lipinski definition) is 1. The quantitative estimate of drug-likeness (QED) is 0.447. The van der Waals surface area contributed by atoms with Crippen LogP contribution in [0.2, 0.25) is 0 Å². The van der Waals surface area contributed by atoms with Gasteiger partial charge in [0.15, 0.2) is 5.90 Å². The molecule has 5 nitrogen and oxygen atoms in total. The predicted octanol–water partition coefficient (Wildman–Crippen LogP) is 1.39. The summed E-state index contributed by atoms with van der Waals surface area (Å²) in [4.78, 5) is 25.1. The lowest BCUT2D eigenvalue weighted by atomic mass is 9.86. The van der Waals surface area contributed by atoms with Crippen molar-refractivity contribution in [2.45, 2.75) is 32.7 Å². The number of carboxylic acids is 1. The molecular weight excluding hydrogens is 210 g/mol. The summed E-state index contributed by atoms with van der Waals surface area (Å²) in [5, 5.41) is 8.83. The molecule has 0 fully saturated rings. The van der Waals surface area contributed by atoms with Crippen LogP contribution in [0.4, 0.5) is 0 Å². The second kappa shape index (κ2) is 5.44. The summed E-state index contributed by atoms with van der Waals surface area (Å²) in [6.07, 6.45) is 2.75. The van der Waals surface area contributed by atoms with Gasteiger partial charge in [-0.25, -0.2) is 4.79 Å². The number of ether oxygens (including phenoxy) is 1. The van der Waals surface area contributed by atoms with E-state index in [0.717, 1.165) is 0 Å². The minimum Gasteiger partial charge on any atom is -0.478 e. The van der Waals surface area contributed by atoms with Gasteiger partial charge in [-0.3, -0.25) is 9.79 Å². The van der Waals surface area contributed by atoms with Crippen LogP contribution in [0.25, 0.3) is 0 Å². The molecule has 2 unspecified atom stereocenters. The molecule has 0 heterocycles. The standard InChI is InChI=1S/C11H15NO4/c1-7-5-9(11(14)15)3-4-10(7)12-8(2)16-6-13/h3,6-7,10H,4-5H2,1-2H3,(H,14,15). The Kier molecular flexibility index (Phi) is 4.22. The van der Waals surface area contributed by atoms with E-state index in [0.29, 0.717) is 30.8 Å². The van der Waals surface area contributed by atoms with E-state index in [1.165, 1.54) is 0 Å². The van der Waals surface area contributed by atoms with Crippen molar-refractivity contribution in [2.24, 2.45) is 10.9 Å². The van der Waals surface area contributed by atoms with E-state index in [2.05, 4.69) is 9.73 Å². The van der Waals surface area contributed by atoms with Crippen LogP contribution >= 0.6 is 0 Å². The van der Waals surface area contributed by atoms with Crippen molar-refractivity contribution in [1.82, 2.24) is 0 Å². The van der Waals surface area contributed by atoms with E-state index in [1.807, 2.05) is 6.92 Å². The van der Waals surface area contributed by atoms with E-state index in [9.17, 15) is 9.59 Å². The Bertz CT molecular complexity index is 346. The van der Waals surface area contributed by atoms with Crippen molar-refractivity contribution < 1.29 is 19.4 Å².